The lowest BCUT2D eigenvalue weighted by molar-refractivity contribution is 0.583. The van der Waals surface area contributed by atoms with Crippen molar-refractivity contribution in [1.29, 1.82) is 0 Å². The van der Waals surface area contributed by atoms with Crippen molar-refractivity contribution in [3.63, 3.8) is 0 Å². The zero-order valence-corrected chi connectivity index (χ0v) is 12.8. The largest absolute Gasteiger partial charge is 0.305 e. The van der Waals surface area contributed by atoms with Crippen LogP contribution < -0.4 is 5.32 Å². The molecule has 0 aliphatic rings. The van der Waals surface area contributed by atoms with Crippen molar-refractivity contribution in [2.45, 2.75) is 19.5 Å². The summed E-state index contributed by atoms with van der Waals surface area (Å²) < 4.78 is 1.35. The van der Waals surface area contributed by atoms with Crippen molar-refractivity contribution in [2.75, 3.05) is 0 Å². The van der Waals surface area contributed by atoms with Gasteiger partial charge in [-0.25, -0.2) is 0 Å². The van der Waals surface area contributed by atoms with E-state index in [2.05, 4.69) is 54.7 Å². The van der Waals surface area contributed by atoms with E-state index in [0.29, 0.717) is 6.04 Å². The Morgan fingerprint density at radius 3 is 2.60 bits per heavy atom. The van der Waals surface area contributed by atoms with Gasteiger partial charge in [0.2, 0.25) is 0 Å². The Bertz CT molecular complexity index is 669. The fourth-order valence-electron chi connectivity index (χ4n) is 2.19. The molecule has 0 radical (unpaired) electrons. The van der Waals surface area contributed by atoms with Gasteiger partial charge in [0, 0.05) is 27.2 Å². The Hall–Kier alpha value is -1.35. The molecular formula is C17H16ClNS. The van der Waals surface area contributed by atoms with Gasteiger partial charge >= 0.3 is 0 Å². The normalized spacial score (nSPS) is 12.7. The summed E-state index contributed by atoms with van der Waals surface area (Å²) in [4.78, 5) is 1.38. The van der Waals surface area contributed by atoms with Gasteiger partial charge in [-0.2, -0.15) is 0 Å². The first kappa shape index (κ1) is 13.6. The predicted octanol–water partition coefficient (Wildman–Crippen LogP) is 5.41. The molecule has 0 aliphatic carbocycles. The van der Waals surface area contributed by atoms with Crippen molar-refractivity contribution in [1.82, 2.24) is 5.32 Å². The molecule has 3 aromatic rings. The molecule has 102 valence electrons. The zero-order valence-electron chi connectivity index (χ0n) is 11.3. The van der Waals surface area contributed by atoms with Crippen molar-refractivity contribution in [3.05, 3.63) is 70.1 Å². The highest BCUT2D eigenvalue weighted by atomic mass is 35.5. The number of halogens is 1. The van der Waals surface area contributed by atoms with Crippen LogP contribution in [0.2, 0.25) is 5.02 Å². The van der Waals surface area contributed by atoms with Crippen LogP contribution in [0.15, 0.2) is 54.6 Å². The SMILES string of the molecule is CC(NCc1ccc(Cl)cc1)c1cc2ccccc2s1. The van der Waals surface area contributed by atoms with Crippen LogP contribution in [-0.4, -0.2) is 0 Å². The standard InChI is InChI=1S/C17H16ClNS/c1-12(19-11-13-6-8-15(18)9-7-13)17-10-14-4-2-3-5-16(14)20-17/h2-10,12,19H,11H2,1H3. The van der Waals surface area contributed by atoms with Crippen LogP contribution in [0.5, 0.6) is 0 Å². The van der Waals surface area contributed by atoms with Gasteiger partial charge in [-0.3, -0.25) is 0 Å². The third-order valence-corrected chi connectivity index (χ3v) is 4.95. The molecule has 1 nitrogen and oxygen atoms in total. The van der Waals surface area contributed by atoms with Crippen LogP contribution >= 0.6 is 22.9 Å². The molecule has 1 heterocycles. The highest BCUT2D eigenvalue weighted by molar-refractivity contribution is 7.19. The Morgan fingerprint density at radius 2 is 1.85 bits per heavy atom. The summed E-state index contributed by atoms with van der Waals surface area (Å²) in [5.41, 5.74) is 1.25. The minimum atomic E-state index is 0.350. The van der Waals surface area contributed by atoms with Gasteiger partial charge in [0.1, 0.15) is 0 Å². The summed E-state index contributed by atoms with van der Waals surface area (Å²) in [6, 6.07) is 19.1. The Labute approximate surface area is 128 Å². The molecule has 0 spiro atoms. The van der Waals surface area contributed by atoms with E-state index < -0.39 is 0 Å². The molecule has 1 N–H and O–H groups in total. The smallest absolute Gasteiger partial charge is 0.0406 e. The van der Waals surface area contributed by atoms with Crippen LogP contribution in [0.1, 0.15) is 23.4 Å². The highest BCUT2D eigenvalue weighted by Crippen LogP contribution is 2.29. The monoisotopic (exact) mass is 301 g/mol. The first-order valence-corrected chi connectivity index (χ1v) is 7.88. The van der Waals surface area contributed by atoms with Crippen LogP contribution in [0.4, 0.5) is 0 Å². The Balaban J connectivity index is 1.69. The zero-order chi connectivity index (χ0) is 13.9. The number of nitrogens with one attached hydrogen (secondary N) is 1. The highest BCUT2D eigenvalue weighted by Gasteiger charge is 2.08. The minimum absolute atomic E-state index is 0.350. The van der Waals surface area contributed by atoms with Crippen LogP contribution in [-0.2, 0) is 6.54 Å². The average Bonchev–Trinajstić information content (AvgIpc) is 2.90. The van der Waals surface area contributed by atoms with Gasteiger partial charge in [-0.05, 0) is 42.1 Å². The maximum absolute atomic E-state index is 5.90. The second-order valence-corrected chi connectivity index (χ2v) is 6.47. The van der Waals surface area contributed by atoms with Crippen molar-refractivity contribution in [2.24, 2.45) is 0 Å². The van der Waals surface area contributed by atoms with E-state index >= 15 is 0 Å². The molecule has 2 aromatic carbocycles. The van der Waals surface area contributed by atoms with E-state index in [0.717, 1.165) is 11.6 Å². The molecule has 3 heteroatoms. The molecule has 1 unspecified atom stereocenters. The maximum atomic E-state index is 5.90. The van der Waals surface area contributed by atoms with E-state index in [1.54, 1.807) is 0 Å². The van der Waals surface area contributed by atoms with Gasteiger partial charge in [0.15, 0.2) is 0 Å². The fraction of sp³-hybridized carbons (Fsp3) is 0.176. The quantitative estimate of drug-likeness (QED) is 0.680. The van der Waals surface area contributed by atoms with Crippen molar-refractivity contribution in [3.8, 4) is 0 Å². The molecule has 0 aliphatic heterocycles. The topological polar surface area (TPSA) is 12.0 Å². The van der Waals surface area contributed by atoms with E-state index in [1.807, 2.05) is 23.5 Å². The predicted molar refractivity (Wildman–Crippen MR) is 88.5 cm³/mol. The summed E-state index contributed by atoms with van der Waals surface area (Å²) in [6.45, 7) is 3.06. The van der Waals surface area contributed by atoms with Gasteiger partial charge in [0.25, 0.3) is 0 Å². The third-order valence-electron chi connectivity index (χ3n) is 3.40. The van der Waals surface area contributed by atoms with Crippen LogP contribution in [0.25, 0.3) is 10.1 Å². The number of benzene rings is 2. The Morgan fingerprint density at radius 1 is 1.10 bits per heavy atom. The average molecular weight is 302 g/mol. The molecule has 3 rings (SSSR count). The molecule has 0 fully saturated rings. The van der Waals surface area contributed by atoms with E-state index in [9.17, 15) is 0 Å². The summed E-state index contributed by atoms with van der Waals surface area (Å²) in [5.74, 6) is 0. The van der Waals surface area contributed by atoms with Gasteiger partial charge in [-0.15, -0.1) is 11.3 Å². The van der Waals surface area contributed by atoms with E-state index in [4.69, 9.17) is 11.6 Å². The lowest BCUT2D eigenvalue weighted by Gasteiger charge is -2.12. The molecular weight excluding hydrogens is 286 g/mol. The van der Waals surface area contributed by atoms with Gasteiger partial charge in [0.05, 0.1) is 0 Å². The second kappa shape index (κ2) is 5.96. The molecule has 1 atom stereocenters. The summed E-state index contributed by atoms with van der Waals surface area (Å²) in [5, 5.41) is 5.67. The van der Waals surface area contributed by atoms with Gasteiger partial charge < -0.3 is 5.32 Å². The molecule has 0 saturated carbocycles. The number of hydrogen-bond acceptors (Lipinski definition) is 2. The Kier molecular flexibility index (Phi) is 4.06. The molecule has 0 saturated heterocycles. The van der Waals surface area contributed by atoms with Gasteiger partial charge in [-0.1, -0.05) is 41.9 Å². The number of rotatable bonds is 4. The van der Waals surface area contributed by atoms with Crippen LogP contribution in [0.3, 0.4) is 0 Å². The fourth-order valence-corrected chi connectivity index (χ4v) is 3.41. The molecule has 0 amide bonds. The summed E-state index contributed by atoms with van der Waals surface area (Å²) >= 11 is 7.76. The summed E-state index contributed by atoms with van der Waals surface area (Å²) in [6.07, 6.45) is 0. The minimum Gasteiger partial charge on any atom is -0.305 e. The number of hydrogen-bond donors (Lipinski definition) is 1. The summed E-state index contributed by atoms with van der Waals surface area (Å²) in [7, 11) is 0. The first-order valence-electron chi connectivity index (χ1n) is 6.69. The number of thiophene rings is 1. The van der Waals surface area contributed by atoms with E-state index in [-0.39, 0.29) is 0 Å². The first-order chi connectivity index (χ1) is 9.72. The molecule has 20 heavy (non-hydrogen) atoms. The van der Waals surface area contributed by atoms with E-state index in [1.165, 1.54) is 20.5 Å². The third kappa shape index (κ3) is 3.04. The lowest BCUT2D eigenvalue weighted by atomic mass is 10.2. The van der Waals surface area contributed by atoms with Crippen molar-refractivity contribution < 1.29 is 0 Å². The maximum Gasteiger partial charge on any atom is 0.0406 e. The second-order valence-electron chi connectivity index (χ2n) is 4.92. The lowest BCUT2D eigenvalue weighted by Crippen LogP contribution is -2.16. The molecule has 1 aromatic heterocycles. The van der Waals surface area contributed by atoms with Crippen molar-refractivity contribution >= 4 is 33.0 Å². The number of fused-ring (bicyclic) bond motifs is 1. The molecule has 0 bridgehead atoms. The van der Waals surface area contributed by atoms with Crippen LogP contribution in [0, 0.1) is 0 Å².